The lowest BCUT2D eigenvalue weighted by molar-refractivity contribution is -0.384. The van der Waals surface area contributed by atoms with E-state index in [1.165, 1.54) is 25.5 Å². The number of hydrogen-bond acceptors (Lipinski definition) is 4. The van der Waals surface area contributed by atoms with Crippen LogP contribution in [0.1, 0.15) is 19.3 Å². The summed E-state index contributed by atoms with van der Waals surface area (Å²) in [5.74, 6) is 2.10. The van der Waals surface area contributed by atoms with Crippen LogP contribution in [0.25, 0.3) is 0 Å². The van der Waals surface area contributed by atoms with E-state index < -0.39 is 0 Å². The largest absolute Gasteiger partial charge is 0.351 e. The van der Waals surface area contributed by atoms with Gasteiger partial charge >= 0.3 is 5.69 Å². The summed E-state index contributed by atoms with van der Waals surface area (Å²) in [6.45, 7) is 1.88. The van der Waals surface area contributed by atoms with E-state index in [1.807, 2.05) is 0 Å². The van der Waals surface area contributed by atoms with Crippen molar-refractivity contribution in [1.29, 1.82) is 0 Å². The number of hydrogen-bond donors (Lipinski definition) is 0. The van der Waals surface area contributed by atoms with Gasteiger partial charge in [-0.25, -0.2) is 4.68 Å². The van der Waals surface area contributed by atoms with Crippen LogP contribution in [-0.4, -0.2) is 27.8 Å². The Morgan fingerprint density at radius 3 is 2.65 bits per heavy atom. The minimum Gasteiger partial charge on any atom is -0.351 e. The molecule has 6 nitrogen and oxygen atoms in total. The standard InChI is InChI=1S/C11H16N4O2/c1-13-11(10(5-12-13)15(16)17)14-6-8-2-3-9(4-8)7-14/h5,8-9H,2-4,6-7H2,1H3. The van der Waals surface area contributed by atoms with E-state index >= 15 is 0 Å². The van der Waals surface area contributed by atoms with Crippen LogP contribution >= 0.6 is 0 Å². The SMILES string of the molecule is Cn1ncc([N+](=O)[O-])c1N1CC2CCC(C2)C1. The zero-order valence-corrected chi connectivity index (χ0v) is 9.87. The molecule has 1 saturated carbocycles. The van der Waals surface area contributed by atoms with Crippen molar-refractivity contribution >= 4 is 11.5 Å². The highest BCUT2D eigenvalue weighted by Gasteiger charge is 2.36. The molecule has 1 aromatic rings. The van der Waals surface area contributed by atoms with E-state index in [2.05, 4.69) is 10.00 Å². The summed E-state index contributed by atoms with van der Waals surface area (Å²) in [7, 11) is 1.78. The molecule has 6 heteroatoms. The van der Waals surface area contributed by atoms with Gasteiger partial charge in [0.1, 0.15) is 6.20 Å². The highest BCUT2D eigenvalue weighted by molar-refractivity contribution is 5.58. The predicted molar refractivity (Wildman–Crippen MR) is 62.9 cm³/mol. The van der Waals surface area contributed by atoms with E-state index in [9.17, 15) is 10.1 Å². The van der Waals surface area contributed by atoms with Gasteiger partial charge in [-0.1, -0.05) is 0 Å². The lowest BCUT2D eigenvalue weighted by Crippen LogP contribution is -2.37. The normalized spacial score (nSPS) is 27.5. The van der Waals surface area contributed by atoms with Gasteiger partial charge in [0.2, 0.25) is 5.82 Å². The molecular weight excluding hydrogens is 220 g/mol. The summed E-state index contributed by atoms with van der Waals surface area (Å²) in [4.78, 5) is 12.8. The number of nitro groups is 1. The molecule has 92 valence electrons. The molecule has 0 aromatic carbocycles. The Morgan fingerprint density at radius 2 is 2.06 bits per heavy atom. The third kappa shape index (κ3) is 1.67. The Labute approximate surface area is 99.4 Å². The lowest BCUT2D eigenvalue weighted by atomic mass is 9.99. The highest BCUT2D eigenvalue weighted by atomic mass is 16.6. The number of rotatable bonds is 2. The van der Waals surface area contributed by atoms with Crippen molar-refractivity contribution in [1.82, 2.24) is 9.78 Å². The van der Waals surface area contributed by atoms with Crippen LogP contribution in [-0.2, 0) is 7.05 Å². The molecule has 2 unspecified atom stereocenters. The van der Waals surface area contributed by atoms with E-state index in [4.69, 9.17) is 0 Å². The summed E-state index contributed by atoms with van der Waals surface area (Å²) >= 11 is 0. The predicted octanol–water partition coefficient (Wildman–Crippen LogP) is 1.56. The first-order valence-corrected chi connectivity index (χ1v) is 6.06. The van der Waals surface area contributed by atoms with Gasteiger partial charge in [-0.3, -0.25) is 10.1 Å². The molecule has 17 heavy (non-hydrogen) atoms. The average molecular weight is 236 g/mol. The summed E-state index contributed by atoms with van der Waals surface area (Å²) in [6, 6.07) is 0. The van der Waals surface area contributed by atoms with Gasteiger partial charge in [0.15, 0.2) is 0 Å². The molecule has 0 spiro atoms. The van der Waals surface area contributed by atoms with Gasteiger partial charge in [-0.15, -0.1) is 0 Å². The maximum Gasteiger partial charge on any atom is 0.331 e. The first-order valence-electron chi connectivity index (χ1n) is 6.06. The summed E-state index contributed by atoms with van der Waals surface area (Å²) in [5, 5.41) is 15.0. The molecule has 1 aliphatic heterocycles. The molecule has 2 atom stereocenters. The lowest BCUT2D eigenvalue weighted by Gasteiger charge is -2.32. The van der Waals surface area contributed by atoms with E-state index in [-0.39, 0.29) is 10.6 Å². The molecule has 2 fully saturated rings. The number of fused-ring (bicyclic) bond motifs is 2. The van der Waals surface area contributed by atoms with Crippen LogP contribution in [0.2, 0.25) is 0 Å². The van der Waals surface area contributed by atoms with Crippen molar-refractivity contribution in [3.05, 3.63) is 16.3 Å². The Bertz CT molecular complexity index is 444. The van der Waals surface area contributed by atoms with E-state index in [1.54, 1.807) is 11.7 Å². The summed E-state index contributed by atoms with van der Waals surface area (Å²) in [6.07, 6.45) is 5.19. The van der Waals surface area contributed by atoms with Crippen molar-refractivity contribution in [2.75, 3.05) is 18.0 Å². The van der Waals surface area contributed by atoms with E-state index in [0.717, 1.165) is 13.1 Å². The second kappa shape index (κ2) is 3.72. The van der Waals surface area contributed by atoms with Crippen LogP contribution < -0.4 is 4.90 Å². The Kier molecular flexibility index (Phi) is 2.31. The molecule has 0 radical (unpaired) electrons. The van der Waals surface area contributed by atoms with Gasteiger partial charge in [0.25, 0.3) is 0 Å². The van der Waals surface area contributed by atoms with Crippen molar-refractivity contribution < 1.29 is 4.92 Å². The fourth-order valence-corrected chi connectivity index (χ4v) is 3.30. The monoisotopic (exact) mass is 236 g/mol. The number of aryl methyl sites for hydroxylation is 1. The fraction of sp³-hybridized carbons (Fsp3) is 0.727. The molecular formula is C11H16N4O2. The third-order valence-corrected chi connectivity index (χ3v) is 3.99. The van der Waals surface area contributed by atoms with E-state index in [0.29, 0.717) is 17.7 Å². The quantitative estimate of drug-likeness (QED) is 0.577. The zero-order chi connectivity index (χ0) is 12.0. The maximum absolute atomic E-state index is 11.0. The summed E-state index contributed by atoms with van der Waals surface area (Å²) < 4.78 is 1.63. The third-order valence-electron chi connectivity index (χ3n) is 3.99. The molecule has 0 N–H and O–H groups in total. The van der Waals surface area contributed by atoms with Crippen molar-refractivity contribution in [3.8, 4) is 0 Å². The van der Waals surface area contributed by atoms with Crippen LogP contribution in [0.5, 0.6) is 0 Å². The number of anilines is 1. The molecule has 1 aromatic heterocycles. The molecule has 2 aliphatic rings. The minimum atomic E-state index is -0.334. The molecule has 3 rings (SSSR count). The first kappa shape index (κ1) is 10.6. The van der Waals surface area contributed by atoms with Crippen LogP contribution in [0, 0.1) is 22.0 Å². The van der Waals surface area contributed by atoms with Crippen LogP contribution in [0.4, 0.5) is 11.5 Å². The van der Waals surface area contributed by atoms with Crippen LogP contribution in [0.3, 0.4) is 0 Å². The maximum atomic E-state index is 11.0. The number of aromatic nitrogens is 2. The van der Waals surface area contributed by atoms with Gasteiger partial charge in [0.05, 0.1) is 4.92 Å². The van der Waals surface area contributed by atoms with Gasteiger partial charge in [0, 0.05) is 20.1 Å². The zero-order valence-electron chi connectivity index (χ0n) is 9.87. The molecule has 2 bridgehead atoms. The van der Waals surface area contributed by atoms with Gasteiger partial charge in [-0.05, 0) is 31.1 Å². The molecule has 1 saturated heterocycles. The van der Waals surface area contributed by atoms with Crippen molar-refractivity contribution in [3.63, 3.8) is 0 Å². The molecule has 1 aliphatic carbocycles. The smallest absolute Gasteiger partial charge is 0.331 e. The molecule has 0 amide bonds. The number of piperidine rings is 1. The summed E-state index contributed by atoms with van der Waals surface area (Å²) in [5.41, 5.74) is 0.133. The van der Waals surface area contributed by atoms with Crippen molar-refractivity contribution in [2.45, 2.75) is 19.3 Å². The first-order chi connectivity index (χ1) is 8.15. The average Bonchev–Trinajstić information content (AvgIpc) is 2.82. The Balaban J connectivity index is 1.93. The van der Waals surface area contributed by atoms with Crippen LogP contribution in [0.15, 0.2) is 6.20 Å². The Morgan fingerprint density at radius 1 is 1.41 bits per heavy atom. The minimum absolute atomic E-state index is 0.133. The molecule has 2 heterocycles. The van der Waals surface area contributed by atoms with Gasteiger partial charge in [-0.2, -0.15) is 5.10 Å². The topological polar surface area (TPSA) is 64.2 Å². The second-order valence-corrected chi connectivity index (χ2v) is 5.18. The Hall–Kier alpha value is -1.59. The highest BCUT2D eigenvalue weighted by Crippen LogP contribution is 2.40. The second-order valence-electron chi connectivity index (χ2n) is 5.18. The van der Waals surface area contributed by atoms with Gasteiger partial charge < -0.3 is 4.90 Å². The number of nitrogens with zero attached hydrogens (tertiary/aromatic N) is 4. The van der Waals surface area contributed by atoms with Crippen molar-refractivity contribution in [2.24, 2.45) is 18.9 Å². The fourth-order valence-electron chi connectivity index (χ4n) is 3.30.